The number of hydrogen-bond donors (Lipinski definition) is 1. The summed E-state index contributed by atoms with van der Waals surface area (Å²) < 4.78 is 0. The van der Waals surface area contributed by atoms with Crippen molar-refractivity contribution in [1.29, 1.82) is 0 Å². The lowest BCUT2D eigenvalue weighted by atomic mass is 9.90. The summed E-state index contributed by atoms with van der Waals surface area (Å²) in [5.74, 6) is 0.725. The molecule has 0 amide bonds. The minimum absolute atomic E-state index is 0.282. The Hall–Kier alpha value is -0.0800. The SMILES string of the molecule is CCN(C)C(N)C1CCCCCCCCC1. The van der Waals surface area contributed by atoms with Crippen molar-refractivity contribution in [3.8, 4) is 0 Å². The molecule has 0 aliphatic heterocycles. The predicted molar refractivity (Wildman–Crippen MR) is 71.3 cm³/mol. The van der Waals surface area contributed by atoms with Gasteiger partial charge in [-0.2, -0.15) is 0 Å². The first-order valence-electron chi connectivity index (χ1n) is 7.21. The average molecular weight is 226 g/mol. The average Bonchev–Trinajstić information content (AvgIpc) is 2.34. The molecule has 1 aliphatic rings. The molecule has 0 radical (unpaired) electrons. The Bertz CT molecular complexity index is 160. The first-order valence-corrected chi connectivity index (χ1v) is 7.21. The standard InChI is InChI=1S/C14H30N2/c1-3-16(2)14(15)13-11-9-7-5-4-6-8-10-12-13/h13-14H,3-12,15H2,1-2H3. The molecule has 1 aliphatic carbocycles. The van der Waals surface area contributed by atoms with Gasteiger partial charge in [-0.25, -0.2) is 0 Å². The summed E-state index contributed by atoms with van der Waals surface area (Å²) in [4.78, 5) is 2.30. The number of rotatable bonds is 3. The Morgan fingerprint density at radius 2 is 1.44 bits per heavy atom. The first kappa shape index (κ1) is 14.0. The van der Waals surface area contributed by atoms with E-state index in [1.165, 1.54) is 57.8 Å². The van der Waals surface area contributed by atoms with Crippen LogP contribution in [0.15, 0.2) is 0 Å². The zero-order chi connectivity index (χ0) is 11.8. The summed E-state index contributed by atoms with van der Waals surface area (Å²) in [7, 11) is 2.16. The highest BCUT2D eigenvalue weighted by atomic mass is 15.2. The summed E-state index contributed by atoms with van der Waals surface area (Å²) in [5.41, 5.74) is 6.34. The lowest BCUT2D eigenvalue weighted by Crippen LogP contribution is -2.45. The van der Waals surface area contributed by atoms with Gasteiger partial charge < -0.3 is 5.73 Å². The van der Waals surface area contributed by atoms with Gasteiger partial charge in [0.05, 0.1) is 6.17 Å². The Kier molecular flexibility index (Phi) is 7.06. The van der Waals surface area contributed by atoms with Crippen molar-refractivity contribution >= 4 is 0 Å². The van der Waals surface area contributed by atoms with Crippen LogP contribution in [0.3, 0.4) is 0 Å². The zero-order valence-corrected chi connectivity index (χ0v) is 11.3. The molecule has 16 heavy (non-hydrogen) atoms. The molecule has 1 fully saturated rings. The maximum atomic E-state index is 6.34. The molecule has 2 heteroatoms. The van der Waals surface area contributed by atoms with Crippen LogP contribution < -0.4 is 5.73 Å². The van der Waals surface area contributed by atoms with Crippen molar-refractivity contribution in [3.05, 3.63) is 0 Å². The molecule has 0 saturated heterocycles. The maximum Gasteiger partial charge on any atom is 0.0598 e. The Morgan fingerprint density at radius 1 is 1.00 bits per heavy atom. The van der Waals surface area contributed by atoms with Crippen LogP contribution in [0, 0.1) is 5.92 Å². The molecule has 1 saturated carbocycles. The third kappa shape index (κ3) is 4.84. The molecule has 1 unspecified atom stereocenters. The highest BCUT2D eigenvalue weighted by Crippen LogP contribution is 2.24. The molecular weight excluding hydrogens is 196 g/mol. The van der Waals surface area contributed by atoms with Crippen LogP contribution >= 0.6 is 0 Å². The fraction of sp³-hybridized carbons (Fsp3) is 1.00. The minimum atomic E-state index is 0.282. The summed E-state index contributed by atoms with van der Waals surface area (Å²) in [6.07, 6.45) is 12.9. The van der Waals surface area contributed by atoms with Crippen molar-refractivity contribution in [2.24, 2.45) is 11.7 Å². The molecule has 0 bridgehead atoms. The van der Waals surface area contributed by atoms with Gasteiger partial charge in [0.15, 0.2) is 0 Å². The number of nitrogens with two attached hydrogens (primary N) is 1. The fourth-order valence-corrected chi connectivity index (χ4v) is 2.75. The predicted octanol–water partition coefficient (Wildman–Crippen LogP) is 3.36. The smallest absolute Gasteiger partial charge is 0.0598 e. The van der Waals surface area contributed by atoms with Gasteiger partial charge >= 0.3 is 0 Å². The van der Waals surface area contributed by atoms with Gasteiger partial charge in [0.1, 0.15) is 0 Å². The van der Waals surface area contributed by atoms with E-state index in [2.05, 4.69) is 18.9 Å². The second-order valence-electron chi connectivity index (χ2n) is 5.38. The van der Waals surface area contributed by atoms with Gasteiger partial charge in [-0.1, -0.05) is 51.9 Å². The molecular formula is C14H30N2. The first-order chi connectivity index (χ1) is 7.75. The van der Waals surface area contributed by atoms with Gasteiger partial charge in [0.2, 0.25) is 0 Å². The third-order valence-electron chi connectivity index (χ3n) is 4.14. The Labute approximate surface area is 102 Å². The molecule has 96 valence electrons. The van der Waals surface area contributed by atoms with E-state index >= 15 is 0 Å². The molecule has 0 aromatic carbocycles. The Morgan fingerprint density at radius 3 is 1.88 bits per heavy atom. The second-order valence-corrected chi connectivity index (χ2v) is 5.38. The van der Waals surface area contributed by atoms with Crippen LogP contribution in [0.4, 0.5) is 0 Å². The zero-order valence-electron chi connectivity index (χ0n) is 11.3. The third-order valence-corrected chi connectivity index (χ3v) is 4.14. The monoisotopic (exact) mass is 226 g/mol. The second kappa shape index (κ2) is 8.08. The van der Waals surface area contributed by atoms with Crippen molar-refractivity contribution in [1.82, 2.24) is 4.90 Å². The topological polar surface area (TPSA) is 29.3 Å². The summed E-state index contributed by atoms with van der Waals surface area (Å²) in [6, 6.07) is 0. The number of nitrogens with zero attached hydrogens (tertiary/aromatic N) is 1. The van der Waals surface area contributed by atoms with E-state index in [0.29, 0.717) is 0 Å². The van der Waals surface area contributed by atoms with Crippen molar-refractivity contribution in [3.63, 3.8) is 0 Å². The summed E-state index contributed by atoms with van der Waals surface area (Å²) in [6.45, 7) is 3.26. The van der Waals surface area contributed by atoms with Gasteiger partial charge in [-0.05, 0) is 32.4 Å². The molecule has 0 heterocycles. The molecule has 0 aromatic heterocycles. The maximum absolute atomic E-state index is 6.34. The van der Waals surface area contributed by atoms with Crippen LogP contribution in [0.5, 0.6) is 0 Å². The lowest BCUT2D eigenvalue weighted by Gasteiger charge is -2.31. The largest absolute Gasteiger partial charge is 0.316 e. The molecule has 1 rings (SSSR count). The van der Waals surface area contributed by atoms with E-state index in [1.807, 2.05) is 0 Å². The van der Waals surface area contributed by atoms with E-state index in [0.717, 1.165) is 12.5 Å². The van der Waals surface area contributed by atoms with Crippen molar-refractivity contribution in [2.45, 2.75) is 70.9 Å². The van der Waals surface area contributed by atoms with Crippen LogP contribution in [0.25, 0.3) is 0 Å². The van der Waals surface area contributed by atoms with E-state index in [-0.39, 0.29) is 6.17 Å². The highest BCUT2D eigenvalue weighted by molar-refractivity contribution is 4.73. The fourth-order valence-electron chi connectivity index (χ4n) is 2.75. The van der Waals surface area contributed by atoms with Crippen LogP contribution in [-0.2, 0) is 0 Å². The minimum Gasteiger partial charge on any atom is -0.316 e. The molecule has 2 N–H and O–H groups in total. The van der Waals surface area contributed by atoms with Crippen LogP contribution in [-0.4, -0.2) is 24.7 Å². The summed E-state index contributed by atoms with van der Waals surface area (Å²) in [5, 5.41) is 0. The van der Waals surface area contributed by atoms with Gasteiger partial charge in [-0.3, -0.25) is 4.90 Å². The Balaban J connectivity index is 2.40. The summed E-state index contributed by atoms with van der Waals surface area (Å²) >= 11 is 0. The van der Waals surface area contributed by atoms with Crippen LogP contribution in [0.1, 0.15) is 64.7 Å². The van der Waals surface area contributed by atoms with Crippen molar-refractivity contribution < 1.29 is 0 Å². The number of hydrogen-bond acceptors (Lipinski definition) is 2. The highest BCUT2D eigenvalue weighted by Gasteiger charge is 2.20. The van der Waals surface area contributed by atoms with E-state index in [4.69, 9.17) is 5.73 Å². The van der Waals surface area contributed by atoms with E-state index in [9.17, 15) is 0 Å². The van der Waals surface area contributed by atoms with E-state index < -0.39 is 0 Å². The lowest BCUT2D eigenvalue weighted by molar-refractivity contribution is 0.165. The van der Waals surface area contributed by atoms with Crippen LogP contribution in [0.2, 0.25) is 0 Å². The van der Waals surface area contributed by atoms with Crippen molar-refractivity contribution in [2.75, 3.05) is 13.6 Å². The normalized spacial score (nSPS) is 23.2. The molecule has 0 spiro atoms. The molecule has 2 nitrogen and oxygen atoms in total. The van der Waals surface area contributed by atoms with Gasteiger partial charge in [0.25, 0.3) is 0 Å². The quantitative estimate of drug-likeness (QED) is 0.748. The molecule has 0 aromatic rings. The molecule has 1 atom stereocenters. The van der Waals surface area contributed by atoms with Gasteiger partial charge in [-0.15, -0.1) is 0 Å². The van der Waals surface area contributed by atoms with E-state index in [1.54, 1.807) is 0 Å². The van der Waals surface area contributed by atoms with Gasteiger partial charge in [0, 0.05) is 0 Å².